The number of amides is 1. The summed E-state index contributed by atoms with van der Waals surface area (Å²) in [6.45, 7) is 17.7. The highest BCUT2D eigenvalue weighted by molar-refractivity contribution is 5.90. The summed E-state index contributed by atoms with van der Waals surface area (Å²) >= 11 is 0. The number of imidazole rings is 1. The number of aryl methyl sites for hydroxylation is 3. The van der Waals surface area contributed by atoms with Crippen molar-refractivity contribution in [2.75, 3.05) is 7.00 Å². The molecular formula is C28H39N3O. The van der Waals surface area contributed by atoms with E-state index < -0.39 is 24.3 Å². The molecule has 0 bridgehead atoms. The molecule has 2 aromatic heterocycles. The Balaban J connectivity index is 2.46. The number of benzene rings is 1. The largest absolute Gasteiger partial charge is 0.343 e. The number of rotatable bonds is 5. The van der Waals surface area contributed by atoms with Crippen molar-refractivity contribution in [3.63, 3.8) is 0 Å². The number of aromatic nitrogens is 2. The van der Waals surface area contributed by atoms with E-state index in [4.69, 9.17) is 9.10 Å². The number of hydrogen-bond acceptors (Lipinski definition) is 2. The van der Waals surface area contributed by atoms with Crippen molar-refractivity contribution >= 4 is 11.6 Å². The Hall–Kier alpha value is -2.62. The van der Waals surface area contributed by atoms with Gasteiger partial charge in [0, 0.05) is 27.5 Å². The molecule has 0 fully saturated rings. The van der Waals surface area contributed by atoms with Gasteiger partial charge >= 0.3 is 0 Å². The fourth-order valence-electron chi connectivity index (χ4n) is 4.49. The van der Waals surface area contributed by atoms with Gasteiger partial charge in [0.25, 0.3) is 0 Å². The Labute approximate surface area is 197 Å². The molecule has 0 atom stereocenters. The molecule has 0 saturated heterocycles. The first-order valence-electron chi connectivity index (χ1n) is 12.9. The van der Waals surface area contributed by atoms with Crippen LogP contribution < -0.4 is 0 Å². The number of hydrogen-bond donors (Lipinski definition) is 0. The average Bonchev–Trinajstić information content (AvgIpc) is 3.09. The van der Waals surface area contributed by atoms with Gasteiger partial charge in [0.1, 0.15) is 5.65 Å². The molecule has 3 rings (SSSR count). The number of nitrogens with zero attached hydrogens (tertiary/aromatic N) is 3. The van der Waals surface area contributed by atoms with Gasteiger partial charge in [0.05, 0.1) is 18.2 Å². The van der Waals surface area contributed by atoms with Crippen LogP contribution in [0.25, 0.3) is 16.9 Å². The number of pyridine rings is 1. The molecule has 0 spiro atoms. The number of fused-ring (bicyclic) bond motifs is 1. The molecule has 4 heteroatoms. The van der Waals surface area contributed by atoms with Crippen molar-refractivity contribution in [1.29, 1.82) is 0 Å². The second-order valence-electron chi connectivity index (χ2n) is 10.1. The van der Waals surface area contributed by atoms with Gasteiger partial charge in [-0.1, -0.05) is 37.6 Å². The summed E-state index contributed by atoms with van der Waals surface area (Å²) in [5, 5.41) is 0. The zero-order valence-electron chi connectivity index (χ0n) is 24.2. The average molecular weight is 437 g/mol. The third kappa shape index (κ3) is 3.85. The Morgan fingerprint density at radius 3 is 2.31 bits per heavy atom. The monoisotopic (exact) mass is 436 g/mol. The van der Waals surface area contributed by atoms with Gasteiger partial charge in [-0.25, -0.2) is 4.98 Å². The van der Waals surface area contributed by atoms with Gasteiger partial charge in [-0.05, 0) is 83.6 Å². The maximum atomic E-state index is 14.0. The molecule has 0 aliphatic rings. The number of likely N-dealkylation sites (N-methyl/N-ethyl adjacent to an activating group) is 1. The minimum atomic E-state index is -1.60. The second-order valence-corrected chi connectivity index (χ2v) is 10.1. The molecule has 0 aliphatic carbocycles. The summed E-state index contributed by atoms with van der Waals surface area (Å²) in [6.07, 6.45) is 2.09. The Morgan fingerprint density at radius 1 is 1.12 bits per heavy atom. The van der Waals surface area contributed by atoms with Crippen LogP contribution in [0.3, 0.4) is 0 Å². The summed E-state index contributed by atoms with van der Waals surface area (Å²) in [7, 11) is 0. The van der Waals surface area contributed by atoms with Crippen LogP contribution in [0.2, 0.25) is 0 Å². The van der Waals surface area contributed by atoms with E-state index in [0.29, 0.717) is 5.69 Å². The lowest BCUT2D eigenvalue weighted by atomic mass is 9.83. The van der Waals surface area contributed by atoms with E-state index in [0.717, 1.165) is 38.5 Å². The van der Waals surface area contributed by atoms with Crippen LogP contribution in [-0.4, -0.2) is 33.2 Å². The van der Waals surface area contributed by atoms with Crippen molar-refractivity contribution in [2.45, 2.75) is 86.6 Å². The normalized spacial score (nSPS) is 14.1. The van der Waals surface area contributed by atoms with E-state index in [-0.39, 0.29) is 5.92 Å². The SMILES string of the molecule is [2H]C([2H])N(C(=O)C(C)(C)c1c(-c2ccc(C)cc2C)nc2c(C)c(C)c(C(C)C)cn12)C([2H])(C)C. The first-order valence-corrected chi connectivity index (χ1v) is 11.3. The van der Waals surface area contributed by atoms with Crippen LogP contribution in [0.15, 0.2) is 24.4 Å². The van der Waals surface area contributed by atoms with E-state index in [9.17, 15) is 4.79 Å². The highest BCUT2D eigenvalue weighted by Gasteiger charge is 2.39. The third-order valence-corrected chi connectivity index (χ3v) is 6.60. The van der Waals surface area contributed by atoms with E-state index in [1.54, 1.807) is 13.8 Å². The minimum Gasteiger partial charge on any atom is -0.343 e. The van der Waals surface area contributed by atoms with Crippen LogP contribution in [-0.2, 0) is 10.2 Å². The predicted octanol–water partition coefficient (Wildman–Crippen LogP) is 6.50. The molecule has 32 heavy (non-hydrogen) atoms. The summed E-state index contributed by atoms with van der Waals surface area (Å²) < 4.78 is 26.6. The summed E-state index contributed by atoms with van der Waals surface area (Å²) in [6, 6.07) is 4.79. The highest BCUT2D eigenvalue weighted by atomic mass is 16.2. The van der Waals surface area contributed by atoms with Crippen LogP contribution in [0.4, 0.5) is 0 Å². The van der Waals surface area contributed by atoms with Crippen LogP contribution >= 0.6 is 0 Å². The van der Waals surface area contributed by atoms with Crippen LogP contribution in [0, 0.1) is 27.7 Å². The van der Waals surface area contributed by atoms with E-state index in [1.807, 2.05) is 44.2 Å². The highest BCUT2D eigenvalue weighted by Crippen LogP contribution is 2.39. The van der Waals surface area contributed by atoms with E-state index >= 15 is 0 Å². The zero-order valence-corrected chi connectivity index (χ0v) is 21.2. The molecule has 0 unspecified atom stereocenters. The van der Waals surface area contributed by atoms with Gasteiger partial charge in [0.15, 0.2) is 0 Å². The number of carbonyl (C=O) groups is 1. The van der Waals surface area contributed by atoms with E-state index in [2.05, 4.69) is 40.0 Å². The quantitative estimate of drug-likeness (QED) is 0.458. The van der Waals surface area contributed by atoms with Crippen LogP contribution in [0.1, 0.15) is 85.1 Å². The molecule has 4 nitrogen and oxygen atoms in total. The van der Waals surface area contributed by atoms with Gasteiger partial charge < -0.3 is 9.30 Å². The Morgan fingerprint density at radius 2 is 1.78 bits per heavy atom. The maximum absolute atomic E-state index is 14.0. The molecule has 172 valence electrons. The molecular weight excluding hydrogens is 394 g/mol. The lowest BCUT2D eigenvalue weighted by Crippen LogP contribution is -2.45. The summed E-state index contributed by atoms with van der Waals surface area (Å²) in [4.78, 5) is 20.1. The minimum absolute atomic E-state index is 0.284. The Kier molecular flexibility index (Phi) is 5.24. The topological polar surface area (TPSA) is 37.6 Å². The molecule has 1 aromatic carbocycles. The van der Waals surface area contributed by atoms with Crippen molar-refractivity contribution in [3.05, 3.63) is 57.9 Å². The molecule has 0 radical (unpaired) electrons. The standard InChI is InChI=1S/C28H39N3O/c1-16(2)23-15-31-25(28(9,10)27(32)30(11)17(3)4)24(29-26(31)21(8)20(23)7)22-13-12-18(5)14-19(22)6/h12-17H,1-11H3/i11D2,17D. The fraction of sp³-hybridized carbons (Fsp3) is 0.500. The molecule has 1 amide bonds. The van der Waals surface area contributed by atoms with Crippen molar-refractivity contribution in [3.8, 4) is 11.3 Å². The molecule has 0 saturated carbocycles. The first kappa shape index (κ1) is 20.0. The molecule has 2 heterocycles. The smallest absolute Gasteiger partial charge is 0.234 e. The van der Waals surface area contributed by atoms with Crippen molar-refractivity contribution in [1.82, 2.24) is 14.3 Å². The molecule has 3 aromatic rings. The van der Waals surface area contributed by atoms with Gasteiger partial charge in [0.2, 0.25) is 5.91 Å². The Bertz CT molecular complexity index is 1280. The van der Waals surface area contributed by atoms with Crippen molar-refractivity contribution in [2.24, 2.45) is 0 Å². The third-order valence-electron chi connectivity index (χ3n) is 6.60. The van der Waals surface area contributed by atoms with E-state index in [1.165, 1.54) is 11.1 Å². The van der Waals surface area contributed by atoms with Gasteiger partial charge in [-0.3, -0.25) is 4.79 Å². The number of carbonyl (C=O) groups excluding carboxylic acids is 1. The fourth-order valence-corrected chi connectivity index (χ4v) is 4.49. The lowest BCUT2D eigenvalue weighted by Gasteiger charge is -2.32. The van der Waals surface area contributed by atoms with Gasteiger partial charge in [-0.15, -0.1) is 0 Å². The maximum Gasteiger partial charge on any atom is 0.234 e. The van der Waals surface area contributed by atoms with Crippen LogP contribution in [0.5, 0.6) is 0 Å². The van der Waals surface area contributed by atoms with Gasteiger partial charge in [-0.2, -0.15) is 0 Å². The summed E-state index contributed by atoms with van der Waals surface area (Å²) in [5.74, 6) is -0.157. The molecule has 0 N–H and O–H groups in total. The predicted molar refractivity (Wildman–Crippen MR) is 135 cm³/mol. The molecule has 0 aliphatic heterocycles. The van der Waals surface area contributed by atoms with Crippen molar-refractivity contribution < 1.29 is 8.91 Å². The first-order chi connectivity index (χ1) is 16.0. The summed E-state index contributed by atoms with van der Waals surface area (Å²) in [5.41, 5.74) is 7.66. The second kappa shape index (κ2) is 8.38. The lowest BCUT2D eigenvalue weighted by molar-refractivity contribution is -0.136. The zero-order chi connectivity index (χ0) is 26.6.